The van der Waals surface area contributed by atoms with Gasteiger partial charge in [0, 0.05) is 37.6 Å². The van der Waals surface area contributed by atoms with Crippen molar-refractivity contribution in [3.05, 3.63) is 69.9 Å². The van der Waals surface area contributed by atoms with Crippen molar-refractivity contribution in [1.82, 2.24) is 9.97 Å². The molecule has 0 unspecified atom stereocenters. The van der Waals surface area contributed by atoms with Gasteiger partial charge in [-0.25, -0.2) is 13.4 Å². The number of halogens is 7. The molecule has 0 radical (unpaired) electrons. The van der Waals surface area contributed by atoms with E-state index in [2.05, 4.69) is 15.3 Å². The summed E-state index contributed by atoms with van der Waals surface area (Å²) in [5, 5.41) is 1.95. The minimum absolute atomic E-state index is 0.0144. The summed E-state index contributed by atoms with van der Waals surface area (Å²) in [7, 11) is -2.30. The van der Waals surface area contributed by atoms with Crippen LogP contribution in [0.1, 0.15) is 22.3 Å². The molecule has 1 aromatic heterocycles. The van der Waals surface area contributed by atoms with Crippen LogP contribution in [-0.4, -0.2) is 31.7 Å². The first-order valence-corrected chi connectivity index (χ1v) is 12.7. The molecule has 1 aliphatic heterocycles. The molecule has 0 aliphatic carbocycles. The maximum atomic E-state index is 13.8. The molecule has 0 saturated carbocycles. The summed E-state index contributed by atoms with van der Waals surface area (Å²) in [6.45, 7) is -0.108. The highest BCUT2D eigenvalue weighted by atomic mass is 35.5. The lowest BCUT2D eigenvalue weighted by atomic mass is 10.1. The van der Waals surface area contributed by atoms with Gasteiger partial charge in [-0.2, -0.15) is 31.3 Å². The third-order valence-corrected chi connectivity index (χ3v) is 7.22. The van der Waals surface area contributed by atoms with Crippen molar-refractivity contribution in [2.75, 3.05) is 27.8 Å². The van der Waals surface area contributed by atoms with Crippen LogP contribution in [-0.2, 0) is 35.5 Å². The predicted molar refractivity (Wildman–Crippen MR) is 126 cm³/mol. The molecule has 0 atom stereocenters. The van der Waals surface area contributed by atoms with Crippen molar-refractivity contribution in [2.45, 2.75) is 25.4 Å². The number of alkyl halides is 6. The van der Waals surface area contributed by atoms with Crippen molar-refractivity contribution in [2.24, 2.45) is 0 Å². The summed E-state index contributed by atoms with van der Waals surface area (Å²) in [6.07, 6.45) is -8.04. The Labute approximate surface area is 212 Å². The van der Waals surface area contributed by atoms with E-state index in [1.165, 1.54) is 18.0 Å². The van der Waals surface area contributed by atoms with Crippen LogP contribution in [0.3, 0.4) is 0 Å². The zero-order valence-corrected chi connectivity index (χ0v) is 20.7. The van der Waals surface area contributed by atoms with Gasteiger partial charge in [-0.15, -0.1) is 0 Å². The highest BCUT2D eigenvalue weighted by Gasteiger charge is 2.39. The Balaban J connectivity index is 1.72. The summed E-state index contributed by atoms with van der Waals surface area (Å²) >= 11 is 5.62. The summed E-state index contributed by atoms with van der Waals surface area (Å²) in [5.74, 6) is -0.887. The third-order valence-electron chi connectivity index (χ3n) is 5.70. The minimum atomic E-state index is -4.83. The molecule has 1 aliphatic rings. The van der Waals surface area contributed by atoms with E-state index in [0.717, 1.165) is 16.6 Å². The van der Waals surface area contributed by atoms with Gasteiger partial charge in [0.25, 0.3) is 0 Å². The Kier molecular flexibility index (Phi) is 6.69. The summed E-state index contributed by atoms with van der Waals surface area (Å²) in [5.41, 5.74) is -1.01. The lowest BCUT2D eigenvalue weighted by Crippen LogP contribution is -2.26. The van der Waals surface area contributed by atoms with E-state index in [1.54, 1.807) is 18.2 Å². The summed E-state index contributed by atoms with van der Waals surface area (Å²) < 4.78 is 106. The molecular formula is C22H18ClF6N5O2S. The Morgan fingerprint density at radius 1 is 1.03 bits per heavy atom. The molecule has 2 heterocycles. The van der Waals surface area contributed by atoms with Gasteiger partial charge in [-0.05, 0) is 29.8 Å². The SMILES string of the molecule is CN(c1cccc2c1CN(c1nc(Nc3ccc(Cl)c(C(F)(F)F)c3)ncc1C(F)(F)F)C2)S(C)(=O)=O. The molecule has 3 aromatic rings. The monoisotopic (exact) mass is 565 g/mol. The molecule has 198 valence electrons. The quantitative estimate of drug-likeness (QED) is 0.392. The number of sulfonamides is 1. The Morgan fingerprint density at radius 2 is 1.70 bits per heavy atom. The fourth-order valence-corrected chi connectivity index (χ4v) is 4.60. The molecule has 4 rings (SSSR count). The fraction of sp³-hybridized carbons (Fsp3) is 0.273. The molecule has 15 heteroatoms. The number of rotatable bonds is 5. The van der Waals surface area contributed by atoms with Crippen LogP contribution in [0, 0.1) is 0 Å². The Hall–Kier alpha value is -3.26. The van der Waals surface area contributed by atoms with Gasteiger partial charge in [-0.1, -0.05) is 23.7 Å². The van der Waals surface area contributed by atoms with E-state index in [-0.39, 0.29) is 24.7 Å². The van der Waals surface area contributed by atoms with Crippen LogP contribution in [0.5, 0.6) is 0 Å². The van der Waals surface area contributed by atoms with Crippen LogP contribution in [0.2, 0.25) is 5.02 Å². The molecule has 1 N–H and O–H groups in total. The number of anilines is 4. The number of aromatic nitrogens is 2. The molecule has 0 amide bonds. The van der Waals surface area contributed by atoms with Gasteiger partial charge < -0.3 is 10.2 Å². The van der Waals surface area contributed by atoms with Crippen molar-refractivity contribution in [3.8, 4) is 0 Å². The van der Waals surface area contributed by atoms with Crippen LogP contribution in [0.25, 0.3) is 0 Å². The first-order valence-electron chi connectivity index (χ1n) is 10.4. The summed E-state index contributed by atoms with van der Waals surface area (Å²) in [4.78, 5) is 8.91. The number of hydrogen-bond donors (Lipinski definition) is 1. The van der Waals surface area contributed by atoms with Crippen LogP contribution in [0.15, 0.2) is 42.6 Å². The molecule has 0 fully saturated rings. The second-order valence-electron chi connectivity index (χ2n) is 8.25. The minimum Gasteiger partial charge on any atom is -0.347 e. The fourth-order valence-electron chi connectivity index (χ4n) is 3.85. The van der Waals surface area contributed by atoms with E-state index < -0.39 is 44.3 Å². The average Bonchev–Trinajstić information content (AvgIpc) is 3.22. The van der Waals surface area contributed by atoms with E-state index >= 15 is 0 Å². The highest BCUT2D eigenvalue weighted by molar-refractivity contribution is 7.92. The Bertz CT molecular complexity index is 1460. The van der Waals surface area contributed by atoms with Gasteiger partial charge >= 0.3 is 12.4 Å². The molecule has 0 bridgehead atoms. The second-order valence-corrected chi connectivity index (χ2v) is 10.7. The lowest BCUT2D eigenvalue weighted by Gasteiger charge is -2.23. The van der Waals surface area contributed by atoms with E-state index in [1.807, 2.05) is 0 Å². The average molecular weight is 566 g/mol. The van der Waals surface area contributed by atoms with Gasteiger partial charge in [0.1, 0.15) is 11.4 Å². The topological polar surface area (TPSA) is 78.4 Å². The molecule has 0 saturated heterocycles. The normalized spacial score (nSPS) is 14.0. The zero-order valence-electron chi connectivity index (χ0n) is 19.1. The van der Waals surface area contributed by atoms with Crippen molar-refractivity contribution < 1.29 is 34.8 Å². The second kappa shape index (κ2) is 9.24. The number of benzene rings is 2. The van der Waals surface area contributed by atoms with Gasteiger partial charge in [-0.3, -0.25) is 4.31 Å². The van der Waals surface area contributed by atoms with Crippen LogP contribution < -0.4 is 14.5 Å². The van der Waals surface area contributed by atoms with E-state index in [9.17, 15) is 34.8 Å². The summed E-state index contributed by atoms with van der Waals surface area (Å²) in [6, 6.07) is 7.69. The smallest absolute Gasteiger partial charge is 0.347 e. The molecule has 7 nitrogen and oxygen atoms in total. The Morgan fingerprint density at radius 3 is 2.32 bits per heavy atom. The zero-order chi connectivity index (χ0) is 27.3. The number of hydrogen-bond acceptors (Lipinski definition) is 6. The first-order chi connectivity index (χ1) is 17.1. The number of nitrogens with zero attached hydrogens (tertiary/aromatic N) is 4. The van der Waals surface area contributed by atoms with Crippen molar-refractivity contribution in [3.63, 3.8) is 0 Å². The molecule has 2 aromatic carbocycles. The van der Waals surface area contributed by atoms with Crippen molar-refractivity contribution in [1.29, 1.82) is 0 Å². The third kappa shape index (κ3) is 5.54. The molecular weight excluding hydrogens is 548 g/mol. The maximum Gasteiger partial charge on any atom is 0.421 e. The van der Waals surface area contributed by atoms with Gasteiger partial charge in [0.2, 0.25) is 16.0 Å². The van der Waals surface area contributed by atoms with E-state index in [0.29, 0.717) is 29.1 Å². The molecule has 0 spiro atoms. The maximum absolute atomic E-state index is 13.8. The standard InChI is InChI=1S/C22H18ClF6N5O2S/c1-33(37(2,35)36)18-5-3-4-12-10-34(11-14(12)18)19-16(22(27,28)29)9-30-20(32-19)31-13-6-7-17(23)15(8-13)21(24,25)26/h3-9H,10-11H2,1-2H3,(H,30,31,32). The van der Waals surface area contributed by atoms with Crippen molar-refractivity contribution >= 4 is 44.8 Å². The van der Waals surface area contributed by atoms with Crippen LogP contribution in [0.4, 0.5) is 49.5 Å². The van der Waals surface area contributed by atoms with Gasteiger partial charge in [0.15, 0.2) is 0 Å². The largest absolute Gasteiger partial charge is 0.421 e. The van der Waals surface area contributed by atoms with E-state index in [4.69, 9.17) is 11.6 Å². The van der Waals surface area contributed by atoms with Gasteiger partial charge in [0.05, 0.1) is 22.5 Å². The van der Waals surface area contributed by atoms with Crippen LogP contribution >= 0.6 is 11.6 Å². The highest BCUT2D eigenvalue weighted by Crippen LogP contribution is 2.41. The molecule has 37 heavy (non-hydrogen) atoms. The predicted octanol–water partition coefficient (Wildman–Crippen LogP) is 5.83. The lowest BCUT2D eigenvalue weighted by molar-refractivity contribution is -0.138. The number of nitrogens with one attached hydrogen (secondary N) is 1. The first kappa shape index (κ1) is 26.8. The number of fused-ring (bicyclic) bond motifs is 1.